The van der Waals surface area contributed by atoms with Gasteiger partial charge in [0.25, 0.3) is 0 Å². The van der Waals surface area contributed by atoms with Gasteiger partial charge < -0.3 is 15.2 Å². The Labute approximate surface area is 128 Å². The Morgan fingerprint density at radius 2 is 1.90 bits per heavy atom. The number of nitrogens with two attached hydrogens (primary N) is 1. The van der Waals surface area contributed by atoms with Crippen molar-refractivity contribution in [2.24, 2.45) is 5.73 Å². The van der Waals surface area contributed by atoms with Crippen molar-refractivity contribution in [3.63, 3.8) is 0 Å². The van der Waals surface area contributed by atoms with Crippen molar-refractivity contribution in [2.75, 3.05) is 14.2 Å². The summed E-state index contributed by atoms with van der Waals surface area (Å²) in [6.07, 6.45) is 0.470. The van der Waals surface area contributed by atoms with E-state index in [9.17, 15) is 4.39 Å². The number of benzene rings is 2. The lowest BCUT2D eigenvalue weighted by Gasteiger charge is -2.17. The Hall–Kier alpha value is -1.78. The molecule has 2 rings (SSSR count). The lowest BCUT2D eigenvalue weighted by molar-refractivity contribution is 0.395. The summed E-state index contributed by atoms with van der Waals surface area (Å²) in [5.41, 5.74) is 7.81. The van der Waals surface area contributed by atoms with E-state index in [1.165, 1.54) is 12.1 Å². The summed E-state index contributed by atoms with van der Waals surface area (Å²) >= 11 is 5.68. The number of rotatable bonds is 5. The van der Waals surface area contributed by atoms with Crippen LogP contribution in [0.1, 0.15) is 17.2 Å². The molecular weight excluding hydrogens is 293 g/mol. The fourth-order valence-electron chi connectivity index (χ4n) is 2.16. The summed E-state index contributed by atoms with van der Waals surface area (Å²) in [4.78, 5) is 0. The van der Waals surface area contributed by atoms with Crippen LogP contribution in [0.4, 0.5) is 4.39 Å². The van der Waals surface area contributed by atoms with Crippen molar-refractivity contribution >= 4 is 11.6 Å². The van der Waals surface area contributed by atoms with Crippen molar-refractivity contribution in [2.45, 2.75) is 12.5 Å². The second-order valence-electron chi connectivity index (χ2n) is 4.67. The maximum absolute atomic E-state index is 13.5. The summed E-state index contributed by atoms with van der Waals surface area (Å²) in [6, 6.07) is 9.79. The maximum Gasteiger partial charge on any atom is 0.142 e. The molecule has 0 spiro atoms. The highest BCUT2D eigenvalue weighted by Gasteiger charge is 2.14. The lowest BCUT2D eigenvalue weighted by Crippen LogP contribution is -2.14. The Bertz CT molecular complexity index is 634. The molecule has 0 heterocycles. The van der Waals surface area contributed by atoms with Crippen molar-refractivity contribution in [3.05, 3.63) is 58.4 Å². The van der Waals surface area contributed by atoms with Gasteiger partial charge >= 0.3 is 0 Å². The molecule has 0 aromatic heterocycles. The second-order valence-corrected chi connectivity index (χ2v) is 5.07. The summed E-state index contributed by atoms with van der Waals surface area (Å²) in [7, 11) is 3.17. The second kappa shape index (κ2) is 6.78. The van der Waals surface area contributed by atoms with Gasteiger partial charge in [0.05, 0.1) is 19.2 Å². The molecule has 5 heteroatoms. The maximum atomic E-state index is 13.5. The fraction of sp³-hybridized carbons (Fsp3) is 0.250. The monoisotopic (exact) mass is 309 g/mol. The highest BCUT2D eigenvalue weighted by atomic mass is 35.5. The molecule has 0 saturated heterocycles. The van der Waals surface area contributed by atoms with Crippen LogP contribution in [0.15, 0.2) is 36.4 Å². The van der Waals surface area contributed by atoms with Crippen LogP contribution < -0.4 is 15.2 Å². The van der Waals surface area contributed by atoms with Crippen molar-refractivity contribution in [3.8, 4) is 11.5 Å². The molecule has 21 heavy (non-hydrogen) atoms. The van der Waals surface area contributed by atoms with Gasteiger partial charge in [-0.15, -0.1) is 0 Å². The first-order chi connectivity index (χ1) is 10.0. The Balaban J connectivity index is 2.26. The molecule has 2 N–H and O–H groups in total. The van der Waals surface area contributed by atoms with Crippen LogP contribution in [-0.2, 0) is 6.42 Å². The van der Waals surface area contributed by atoms with Gasteiger partial charge in [0.1, 0.15) is 17.3 Å². The minimum absolute atomic E-state index is 0.103. The first kappa shape index (κ1) is 15.6. The van der Waals surface area contributed by atoms with E-state index in [1.807, 2.05) is 6.07 Å². The van der Waals surface area contributed by atoms with Gasteiger partial charge in [-0.25, -0.2) is 4.39 Å². The third-order valence-corrected chi connectivity index (χ3v) is 3.58. The van der Waals surface area contributed by atoms with Crippen molar-refractivity contribution in [1.29, 1.82) is 0 Å². The predicted octanol–water partition coefficient (Wildman–Crippen LogP) is 3.74. The van der Waals surface area contributed by atoms with E-state index in [0.717, 1.165) is 11.1 Å². The highest BCUT2D eigenvalue weighted by Crippen LogP contribution is 2.30. The highest BCUT2D eigenvalue weighted by molar-refractivity contribution is 6.30. The molecule has 0 aliphatic rings. The zero-order valence-corrected chi connectivity index (χ0v) is 12.7. The van der Waals surface area contributed by atoms with Crippen LogP contribution in [0.2, 0.25) is 5.02 Å². The van der Waals surface area contributed by atoms with Gasteiger partial charge in [0.2, 0.25) is 0 Å². The Morgan fingerprint density at radius 1 is 1.14 bits per heavy atom. The predicted molar refractivity (Wildman–Crippen MR) is 81.6 cm³/mol. The van der Waals surface area contributed by atoms with E-state index in [0.29, 0.717) is 17.9 Å². The molecule has 1 atom stereocenters. The van der Waals surface area contributed by atoms with Gasteiger partial charge in [0.15, 0.2) is 0 Å². The summed E-state index contributed by atoms with van der Waals surface area (Å²) < 4.78 is 24.0. The number of hydrogen-bond donors (Lipinski definition) is 1. The smallest absolute Gasteiger partial charge is 0.142 e. The van der Waals surface area contributed by atoms with E-state index >= 15 is 0 Å². The standard InChI is InChI=1S/C16H17ClFNO2/c1-20-11-4-6-16(21-2)12(9-11)15(19)8-10-3-5-13(17)14(18)7-10/h3-7,9,15H,8,19H2,1-2H3. The molecule has 1 unspecified atom stereocenters. The minimum Gasteiger partial charge on any atom is -0.497 e. The number of ether oxygens (including phenoxy) is 2. The molecule has 0 fully saturated rings. The average Bonchev–Trinajstić information content (AvgIpc) is 2.50. The van der Waals surface area contributed by atoms with E-state index in [4.69, 9.17) is 26.8 Å². The van der Waals surface area contributed by atoms with Gasteiger partial charge in [-0.05, 0) is 42.3 Å². The molecule has 0 radical (unpaired) electrons. The number of hydrogen-bond acceptors (Lipinski definition) is 3. The van der Waals surface area contributed by atoms with Crippen molar-refractivity contribution < 1.29 is 13.9 Å². The van der Waals surface area contributed by atoms with E-state index in [1.54, 1.807) is 32.4 Å². The largest absolute Gasteiger partial charge is 0.497 e. The molecule has 2 aromatic rings. The van der Waals surface area contributed by atoms with Crippen LogP contribution in [0.5, 0.6) is 11.5 Å². The lowest BCUT2D eigenvalue weighted by atomic mass is 9.98. The third kappa shape index (κ3) is 3.65. The topological polar surface area (TPSA) is 44.5 Å². The first-order valence-electron chi connectivity index (χ1n) is 6.46. The van der Waals surface area contributed by atoms with Crippen LogP contribution in [0.3, 0.4) is 0 Å². The van der Waals surface area contributed by atoms with Crippen LogP contribution in [0.25, 0.3) is 0 Å². The molecular formula is C16H17ClFNO2. The normalized spacial score (nSPS) is 12.0. The average molecular weight is 310 g/mol. The molecule has 3 nitrogen and oxygen atoms in total. The van der Waals surface area contributed by atoms with E-state index in [-0.39, 0.29) is 11.1 Å². The summed E-state index contributed by atoms with van der Waals surface area (Å²) in [6.45, 7) is 0. The zero-order valence-electron chi connectivity index (χ0n) is 11.9. The quantitative estimate of drug-likeness (QED) is 0.915. The first-order valence-corrected chi connectivity index (χ1v) is 6.84. The van der Waals surface area contributed by atoms with Gasteiger partial charge in [-0.3, -0.25) is 0 Å². The molecule has 0 aliphatic carbocycles. The fourth-order valence-corrected chi connectivity index (χ4v) is 2.28. The number of methoxy groups -OCH3 is 2. The SMILES string of the molecule is COc1ccc(OC)c(C(N)Cc2ccc(Cl)c(F)c2)c1. The molecule has 0 saturated carbocycles. The van der Waals surface area contributed by atoms with Gasteiger partial charge in [-0.2, -0.15) is 0 Å². The van der Waals surface area contributed by atoms with Crippen LogP contribution in [0, 0.1) is 5.82 Å². The zero-order chi connectivity index (χ0) is 15.4. The third-order valence-electron chi connectivity index (χ3n) is 3.28. The van der Waals surface area contributed by atoms with Gasteiger partial charge in [-0.1, -0.05) is 17.7 Å². The molecule has 0 aliphatic heterocycles. The Morgan fingerprint density at radius 3 is 2.52 bits per heavy atom. The summed E-state index contributed by atoms with van der Waals surface area (Å²) in [5.74, 6) is 0.931. The number of halogens is 2. The minimum atomic E-state index is -0.445. The van der Waals surface area contributed by atoms with Gasteiger partial charge in [0, 0.05) is 11.6 Å². The molecule has 112 valence electrons. The molecule has 0 bridgehead atoms. The van der Waals surface area contributed by atoms with Crippen LogP contribution in [-0.4, -0.2) is 14.2 Å². The van der Waals surface area contributed by atoms with E-state index < -0.39 is 5.82 Å². The Kier molecular flexibility index (Phi) is 5.04. The molecule has 2 aromatic carbocycles. The van der Waals surface area contributed by atoms with Crippen molar-refractivity contribution in [1.82, 2.24) is 0 Å². The van der Waals surface area contributed by atoms with E-state index in [2.05, 4.69) is 0 Å². The molecule has 0 amide bonds. The van der Waals surface area contributed by atoms with Crippen LogP contribution >= 0.6 is 11.6 Å². The summed E-state index contributed by atoms with van der Waals surface area (Å²) in [5, 5.41) is 0.103.